The van der Waals surface area contributed by atoms with Crippen molar-refractivity contribution in [1.29, 1.82) is 0 Å². The Balaban J connectivity index is 1.93. The molecule has 35 heavy (non-hydrogen) atoms. The molecule has 0 spiro atoms. The predicted molar refractivity (Wildman–Crippen MR) is 146 cm³/mol. The molecule has 3 aromatic rings. The van der Waals surface area contributed by atoms with Gasteiger partial charge < -0.3 is 10.2 Å². The van der Waals surface area contributed by atoms with Gasteiger partial charge in [0, 0.05) is 28.4 Å². The van der Waals surface area contributed by atoms with Crippen LogP contribution in [0.3, 0.4) is 0 Å². The third-order valence-electron chi connectivity index (χ3n) is 5.45. The lowest BCUT2D eigenvalue weighted by molar-refractivity contribution is -0.140. The molecule has 2 amide bonds. The molecular formula is C29H33ClN2O2S. The van der Waals surface area contributed by atoms with Gasteiger partial charge in [0.25, 0.3) is 0 Å². The molecule has 0 radical (unpaired) electrons. The highest BCUT2D eigenvalue weighted by Gasteiger charge is 2.32. The summed E-state index contributed by atoms with van der Waals surface area (Å²) < 4.78 is 0. The number of aryl methyl sites for hydroxylation is 1. The van der Waals surface area contributed by atoms with Crippen molar-refractivity contribution in [2.75, 3.05) is 5.75 Å². The molecule has 184 valence electrons. The number of halogens is 1. The van der Waals surface area contributed by atoms with E-state index in [0.29, 0.717) is 11.4 Å². The van der Waals surface area contributed by atoms with E-state index in [9.17, 15) is 9.59 Å². The van der Waals surface area contributed by atoms with Gasteiger partial charge in [0.2, 0.25) is 11.8 Å². The van der Waals surface area contributed by atoms with Crippen molar-refractivity contribution in [2.45, 2.75) is 57.1 Å². The maximum atomic E-state index is 13.7. The summed E-state index contributed by atoms with van der Waals surface area (Å²) >= 11 is 7.94. The number of carbonyl (C=O) groups excluding carboxylic acids is 2. The van der Waals surface area contributed by atoms with E-state index in [-0.39, 0.29) is 24.1 Å². The Bertz CT molecular complexity index is 1130. The lowest BCUT2D eigenvalue weighted by atomic mass is 10.0. The second-order valence-electron chi connectivity index (χ2n) is 9.66. The summed E-state index contributed by atoms with van der Waals surface area (Å²) in [6.07, 6.45) is 0.411. The highest BCUT2D eigenvalue weighted by atomic mass is 35.5. The summed E-state index contributed by atoms with van der Waals surface area (Å²) in [7, 11) is 0. The van der Waals surface area contributed by atoms with Crippen LogP contribution < -0.4 is 5.32 Å². The highest BCUT2D eigenvalue weighted by molar-refractivity contribution is 8.00. The van der Waals surface area contributed by atoms with Gasteiger partial charge in [0.05, 0.1) is 5.75 Å². The van der Waals surface area contributed by atoms with Crippen molar-refractivity contribution < 1.29 is 9.59 Å². The van der Waals surface area contributed by atoms with Crippen LogP contribution >= 0.6 is 23.4 Å². The summed E-state index contributed by atoms with van der Waals surface area (Å²) in [5.41, 5.74) is 2.54. The molecule has 0 aliphatic heterocycles. The molecule has 0 saturated heterocycles. The fourth-order valence-electron chi connectivity index (χ4n) is 3.68. The largest absolute Gasteiger partial charge is 0.350 e. The summed E-state index contributed by atoms with van der Waals surface area (Å²) in [6.45, 7) is 8.11. The molecule has 4 nitrogen and oxygen atoms in total. The number of nitrogens with zero attached hydrogens (tertiary/aromatic N) is 1. The van der Waals surface area contributed by atoms with Gasteiger partial charge in [0.15, 0.2) is 0 Å². The van der Waals surface area contributed by atoms with Crippen LogP contribution in [-0.4, -0.2) is 34.0 Å². The van der Waals surface area contributed by atoms with E-state index in [0.717, 1.165) is 16.0 Å². The topological polar surface area (TPSA) is 49.4 Å². The molecule has 0 fully saturated rings. The molecule has 3 aromatic carbocycles. The Hall–Kier alpha value is -2.76. The first kappa shape index (κ1) is 26.8. The standard InChI is InChI=1S/C29H33ClN2O2S/c1-21-14-16-24(17-15-21)35-20-27(33)32(19-23-12-8-9-13-25(23)30)26(28(34)31-29(2,3)4)18-22-10-6-5-7-11-22/h5-17,26H,18-20H2,1-4H3,(H,31,34)/t26-/m1/s1. The zero-order valence-corrected chi connectivity index (χ0v) is 22.3. The molecule has 0 bridgehead atoms. The molecule has 6 heteroatoms. The zero-order chi connectivity index (χ0) is 25.4. The number of rotatable bonds is 9. The second-order valence-corrected chi connectivity index (χ2v) is 11.1. The number of benzene rings is 3. The Morgan fingerprint density at radius 1 is 0.943 bits per heavy atom. The third kappa shape index (κ3) is 8.44. The minimum Gasteiger partial charge on any atom is -0.350 e. The van der Waals surface area contributed by atoms with E-state index in [4.69, 9.17) is 11.6 Å². The summed E-state index contributed by atoms with van der Waals surface area (Å²) in [4.78, 5) is 29.9. The van der Waals surface area contributed by atoms with Crippen molar-refractivity contribution in [2.24, 2.45) is 0 Å². The lowest BCUT2D eigenvalue weighted by Crippen LogP contribution is -2.54. The fraction of sp³-hybridized carbons (Fsp3) is 0.310. The highest BCUT2D eigenvalue weighted by Crippen LogP contribution is 2.24. The first-order valence-electron chi connectivity index (χ1n) is 11.7. The fourth-order valence-corrected chi connectivity index (χ4v) is 4.66. The number of carbonyl (C=O) groups is 2. The Kier molecular flexibility index (Phi) is 9.41. The smallest absolute Gasteiger partial charge is 0.243 e. The van der Waals surface area contributed by atoms with Crippen molar-refractivity contribution in [3.8, 4) is 0 Å². The first-order valence-corrected chi connectivity index (χ1v) is 13.1. The maximum Gasteiger partial charge on any atom is 0.243 e. The summed E-state index contributed by atoms with van der Waals surface area (Å²) in [5, 5.41) is 3.66. The summed E-state index contributed by atoms with van der Waals surface area (Å²) in [6, 6.07) is 24.7. The van der Waals surface area contributed by atoms with Crippen molar-refractivity contribution in [3.63, 3.8) is 0 Å². The average Bonchev–Trinajstić information content (AvgIpc) is 2.81. The average molecular weight is 509 g/mol. The van der Waals surface area contributed by atoms with Crippen molar-refractivity contribution in [1.82, 2.24) is 10.2 Å². The van der Waals surface area contributed by atoms with Crippen LogP contribution in [0.1, 0.15) is 37.5 Å². The van der Waals surface area contributed by atoms with Gasteiger partial charge in [-0.25, -0.2) is 0 Å². The minimum atomic E-state index is -0.681. The van der Waals surface area contributed by atoms with E-state index >= 15 is 0 Å². The molecule has 0 heterocycles. The van der Waals surface area contributed by atoms with Gasteiger partial charge in [-0.15, -0.1) is 11.8 Å². The van der Waals surface area contributed by atoms with Crippen LogP contribution in [0.25, 0.3) is 0 Å². The summed E-state index contributed by atoms with van der Waals surface area (Å²) in [5.74, 6) is -0.0655. The van der Waals surface area contributed by atoms with Gasteiger partial charge >= 0.3 is 0 Å². The Labute approximate surface area is 218 Å². The number of amides is 2. The van der Waals surface area contributed by atoms with Crippen molar-refractivity contribution in [3.05, 3.63) is 101 Å². The molecule has 0 unspecified atom stereocenters. The van der Waals surface area contributed by atoms with Crippen molar-refractivity contribution >= 4 is 35.2 Å². The molecule has 0 aliphatic carbocycles. The van der Waals surface area contributed by atoms with E-state index in [1.807, 2.05) is 107 Å². The van der Waals surface area contributed by atoms with E-state index < -0.39 is 11.6 Å². The lowest BCUT2D eigenvalue weighted by Gasteiger charge is -2.34. The van der Waals surface area contributed by atoms with E-state index in [1.54, 1.807) is 4.90 Å². The maximum absolute atomic E-state index is 13.7. The predicted octanol–water partition coefficient (Wildman–Crippen LogP) is 6.30. The minimum absolute atomic E-state index is 0.111. The number of hydrogen-bond donors (Lipinski definition) is 1. The Morgan fingerprint density at radius 3 is 2.20 bits per heavy atom. The normalized spacial score (nSPS) is 12.1. The monoisotopic (exact) mass is 508 g/mol. The second kappa shape index (κ2) is 12.3. The molecule has 0 aromatic heterocycles. The molecular weight excluding hydrogens is 476 g/mol. The van der Waals surface area contributed by atoms with Gasteiger partial charge in [-0.05, 0) is 57.0 Å². The molecule has 3 rings (SSSR count). The van der Waals surface area contributed by atoms with Crippen LogP contribution in [0.4, 0.5) is 0 Å². The number of thioether (sulfide) groups is 1. The van der Waals surface area contributed by atoms with Gasteiger partial charge in [0.1, 0.15) is 6.04 Å². The van der Waals surface area contributed by atoms with E-state index in [1.165, 1.54) is 17.3 Å². The van der Waals surface area contributed by atoms with Gasteiger partial charge in [-0.3, -0.25) is 9.59 Å². The SMILES string of the molecule is Cc1ccc(SCC(=O)N(Cc2ccccc2Cl)[C@H](Cc2ccccc2)C(=O)NC(C)(C)C)cc1. The van der Waals surface area contributed by atoms with Crippen LogP contribution in [0, 0.1) is 6.92 Å². The molecule has 1 N–H and O–H groups in total. The molecule has 0 saturated carbocycles. The molecule has 1 atom stereocenters. The van der Waals surface area contributed by atoms with E-state index in [2.05, 4.69) is 5.32 Å². The molecule has 0 aliphatic rings. The number of nitrogens with one attached hydrogen (secondary N) is 1. The quantitative estimate of drug-likeness (QED) is 0.345. The van der Waals surface area contributed by atoms with Crippen LogP contribution in [-0.2, 0) is 22.6 Å². The third-order valence-corrected chi connectivity index (χ3v) is 6.82. The van der Waals surface area contributed by atoms with Crippen LogP contribution in [0.15, 0.2) is 83.8 Å². The zero-order valence-electron chi connectivity index (χ0n) is 20.8. The van der Waals surface area contributed by atoms with Gasteiger partial charge in [-0.2, -0.15) is 0 Å². The van der Waals surface area contributed by atoms with Crippen LogP contribution in [0.2, 0.25) is 5.02 Å². The van der Waals surface area contributed by atoms with Gasteiger partial charge in [-0.1, -0.05) is 77.8 Å². The Morgan fingerprint density at radius 2 is 1.57 bits per heavy atom. The number of hydrogen-bond acceptors (Lipinski definition) is 3. The first-order chi connectivity index (χ1) is 16.6. The van der Waals surface area contributed by atoms with Crippen LogP contribution in [0.5, 0.6) is 0 Å².